The van der Waals surface area contributed by atoms with Crippen molar-refractivity contribution in [2.45, 2.75) is 30.7 Å². The van der Waals surface area contributed by atoms with Gasteiger partial charge in [0, 0.05) is 17.0 Å². The summed E-state index contributed by atoms with van der Waals surface area (Å²) in [5.74, 6) is 0.285. The topological polar surface area (TPSA) is 75.7 Å². The summed E-state index contributed by atoms with van der Waals surface area (Å²) in [4.78, 5) is 16.5. The Labute approximate surface area is 186 Å². The Balaban J connectivity index is 1.64. The number of sulfonamides is 1. The van der Waals surface area contributed by atoms with Gasteiger partial charge in [-0.3, -0.25) is 9.52 Å². The number of benzene rings is 2. The summed E-state index contributed by atoms with van der Waals surface area (Å²) >= 11 is 1.64. The molecule has 4 rings (SSSR count). The van der Waals surface area contributed by atoms with Crippen LogP contribution in [0.1, 0.15) is 39.7 Å². The molecule has 0 spiro atoms. The minimum Gasteiger partial charge on any atom is -0.495 e. The third kappa shape index (κ3) is 4.31. The van der Waals surface area contributed by atoms with E-state index in [4.69, 9.17) is 4.74 Å². The fraction of sp³-hybridized carbons (Fsp3) is 0.261. The van der Waals surface area contributed by atoms with Crippen molar-refractivity contribution in [1.82, 2.24) is 4.90 Å². The van der Waals surface area contributed by atoms with Crippen LogP contribution < -0.4 is 9.46 Å². The summed E-state index contributed by atoms with van der Waals surface area (Å²) in [5.41, 5.74) is 1.50. The van der Waals surface area contributed by atoms with Crippen LogP contribution in [0.3, 0.4) is 0 Å². The van der Waals surface area contributed by atoms with Crippen LogP contribution >= 0.6 is 11.3 Å². The number of anilines is 1. The second-order valence-electron chi connectivity index (χ2n) is 7.45. The van der Waals surface area contributed by atoms with E-state index in [1.807, 2.05) is 29.3 Å². The van der Waals surface area contributed by atoms with Crippen LogP contribution in [0, 0.1) is 6.92 Å². The molecule has 0 saturated carbocycles. The molecule has 0 radical (unpaired) electrons. The Morgan fingerprint density at radius 2 is 1.97 bits per heavy atom. The summed E-state index contributed by atoms with van der Waals surface area (Å²) in [6, 6.07) is 15.5. The van der Waals surface area contributed by atoms with E-state index < -0.39 is 10.0 Å². The van der Waals surface area contributed by atoms with Crippen LogP contribution in [0.2, 0.25) is 0 Å². The zero-order chi connectivity index (χ0) is 22.0. The molecule has 162 valence electrons. The van der Waals surface area contributed by atoms with Crippen LogP contribution in [0.5, 0.6) is 5.75 Å². The van der Waals surface area contributed by atoms with E-state index in [-0.39, 0.29) is 16.8 Å². The number of nitrogens with one attached hydrogen (secondary N) is 1. The van der Waals surface area contributed by atoms with E-state index in [0.29, 0.717) is 23.5 Å². The molecular weight excluding hydrogens is 432 g/mol. The smallest absolute Gasteiger partial charge is 0.262 e. The first-order chi connectivity index (χ1) is 14.9. The first-order valence-corrected chi connectivity index (χ1v) is 12.4. The fourth-order valence-electron chi connectivity index (χ4n) is 3.87. The highest BCUT2D eigenvalue weighted by molar-refractivity contribution is 7.92. The number of likely N-dealkylation sites (tertiary alicyclic amines) is 1. The maximum absolute atomic E-state index is 13.4. The van der Waals surface area contributed by atoms with Gasteiger partial charge in [0.15, 0.2) is 0 Å². The molecule has 1 amide bonds. The molecule has 0 aliphatic carbocycles. The number of thiophene rings is 1. The van der Waals surface area contributed by atoms with Gasteiger partial charge in [-0.05, 0) is 61.0 Å². The highest BCUT2D eigenvalue weighted by Crippen LogP contribution is 2.36. The number of carbonyl (C=O) groups excluding carboxylic acids is 1. The molecular formula is C23H24N2O4S2. The highest BCUT2D eigenvalue weighted by Gasteiger charge is 2.32. The monoisotopic (exact) mass is 456 g/mol. The van der Waals surface area contributed by atoms with Crippen molar-refractivity contribution in [2.75, 3.05) is 18.4 Å². The molecule has 1 aliphatic rings. The SMILES string of the molecule is COc1ccccc1NS(=O)(=O)c1ccc(C)c(C(=O)N2CCC[C@H]2c2cccs2)c1. The Morgan fingerprint density at radius 3 is 2.71 bits per heavy atom. The Bertz CT molecular complexity index is 1190. The Kier molecular flexibility index (Phi) is 6.02. The zero-order valence-electron chi connectivity index (χ0n) is 17.4. The van der Waals surface area contributed by atoms with Gasteiger partial charge in [0.1, 0.15) is 5.75 Å². The molecule has 2 heterocycles. The van der Waals surface area contributed by atoms with Gasteiger partial charge in [0.05, 0.1) is 23.7 Å². The molecule has 1 N–H and O–H groups in total. The van der Waals surface area contributed by atoms with Crippen molar-refractivity contribution in [2.24, 2.45) is 0 Å². The van der Waals surface area contributed by atoms with Crippen LogP contribution in [0.15, 0.2) is 64.9 Å². The maximum atomic E-state index is 13.4. The molecule has 1 aromatic heterocycles. The molecule has 2 aromatic carbocycles. The lowest BCUT2D eigenvalue weighted by Crippen LogP contribution is -2.31. The second kappa shape index (κ2) is 8.72. The van der Waals surface area contributed by atoms with Crippen molar-refractivity contribution < 1.29 is 17.9 Å². The number of hydrogen-bond acceptors (Lipinski definition) is 5. The molecule has 1 aliphatic heterocycles. The number of rotatable bonds is 6. The number of para-hydroxylation sites is 2. The van der Waals surface area contributed by atoms with Gasteiger partial charge in [-0.1, -0.05) is 24.3 Å². The highest BCUT2D eigenvalue weighted by atomic mass is 32.2. The van der Waals surface area contributed by atoms with E-state index >= 15 is 0 Å². The average molecular weight is 457 g/mol. The summed E-state index contributed by atoms with van der Waals surface area (Å²) < 4.78 is 33.9. The quantitative estimate of drug-likeness (QED) is 0.576. The molecule has 6 nitrogen and oxygen atoms in total. The molecule has 8 heteroatoms. The lowest BCUT2D eigenvalue weighted by atomic mass is 10.1. The molecule has 3 aromatic rings. The van der Waals surface area contributed by atoms with Gasteiger partial charge >= 0.3 is 0 Å². The zero-order valence-corrected chi connectivity index (χ0v) is 19.0. The number of carbonyl (C=O) groups is 1. The summed E-state index contributed by atoms with van der Waals surface area (Å²) in [5, 5.41) is 2.01. The lowest BCUT2D eigenvalue weighted by molar-refractivity contribution is 0.0737. The largest absolute Gasteiger partial charge is 0.495 e. The van der Waals surface area contributed by atoms with Crippen molar-refractivity contribution in [3.63, 3.8) is 0 Å². The van der Waals surface area contributed by atoms with Gasteiger partial charge < -0.3 is 9.64 Å². The van der Waals surface area contributed by atoms with Gasteiger partial charge in [0.2, 0.25) is 0 Å². The standard InChI is InChI=1S/C23H24N2O4S2/c1-16-11-12-17(31(27,28)24-19-7-3-4-9-21(19)29-2)15-18(16)23(26)25-13-5-8-20(25)22-10-6-14-30-22/h3-4,6-7,9-12,14-15,20,24H,5,8,13H2,1-2H3/t20-/m0/s1. The van der Waals surface area contributed by atoms with Crippen LogP contribution in [0.25, 0.3) is 0 Å². The maximum Gasteiger partial charge on any atom is 0.262 e. The predicted molar refractivity (Wildman–Crippen MR) is 122 cm³/mol. The predicted octanol–water partition coefficient (Wildman–Crippen LogP) is 4.84. The molecule has 0 unspecified atom stereocenters. The van der Waals surface area contributed by atoms with E-state index in [9.17, 15) is 13.2 Å². The molecule has 1 fully saturated rings. The van der Waals surface area contributed by atoms with Gasteiger partial charge in [-0.15, -0.1) is 11.3 Å². The number of methoxy groups -OCH3 is 1. The number of aryl methyl sites for hydroxylation is 1. The second-order valence-corrected chi connectivity index (χ2v) is 10.1. The van der Waals surface area contributed by atoms with Gasteiger partial charge in [-0.2, -0.15) is 0 Å². The van der Waals surface area contributed by atoms with E-state index in [0.717, 1.165) is 23.3 Å². The Morgan fingerprint density at radius 1 is 1.16 bits per heavy atom. The molecule has 1 saturated heterocycles. The molecule has 0 bridgehead atoms. The number of ether oxygens (including phenoxy) is 1. The van der Waals surface area contributed by atoms with E-state index in [1.54, 1.807) is 41.7 Å². The summed E-state index contributed by atoms with van der Waals surface area (Å²) in [6.45, 7) is 2.49. The van der Waals surface area contributed by atoms with Crippen molar-refractivity contribution in [3.8, 4) is 5.75 Å². The summed E-state index contributed by atoms with van der Waals surface area (Å²) in [7, 11) is -2.42. The lowest BCUT2D eigenvalue weighted by Gasteiger charge is -2.25. The fourth-order valence-corrected chi connectivity index (χ4v) is 5.84. The van der Waals surface area contributed by atoms with Crippen molar-refractivity contribution >= 4 is 33.0 Å². The third-order valence-electron chi connectivity index (χ3n) is 5.49. The molecule has 31 heavy (non-hydrogen) atoms. The van der Waals surface area contributed by atoms with Crippen molar-refractivity contribution in [3.05, 3.63) is 76.0 Å². The first-order valence-electron chi connectivity index (χ1n) is 10.0. The van der Waals surface area contributed by atoms with E-state index in [2.05, 4.69) is 4.72 Å². The first kappa shape index (κ1) is 21.4. The third-order valence-corrected chi connectivity index (χ3v) is 7.82. The number of nitrogens with zero attached hydrogens (tertiary/aromatic N) is 1. The van der Waals surface area contributed by atoms with Gasteiger partial charge in [0.25, 0.3) is 15.9 Å². The van der Waals surface area contributed by atoms with Crippen molar-refractivity contribution in [1.29, 1.82) is 0 Å². The van der Waals surface area contributed by atoms with Crippen LogP contribution in [-0.2, 0) is 10.0 Å². The molecule has 1 atom stereocenters. The minimum atomic E-state index is -3.90. The number of hydrogen-bond donors (Lipinski definition) is 1. The normalized spacial score (nSPS) is 16.3. The number of amides is 1. The summed E-state index contributed by atoms with van der Waals surface area (Å²) in [6.07, 6.45) is 1.85. The minimum absolute atomic E-state index is 0.0406. The average Bonchev–Trinajstić information content (AvgIpc) is 3.45. The van der Waals surface area contributed by atoms with Gasteiger partial charge in [-0.25, -0.2) is 8.42 Å². The van der Waals surface area contributed by atoms with E-state index in [1.165, 1.54) is 19.2 Å². The Hall–Kier alpha value is -2.84. The van der Waals surface area contributed by atoms with Crippen LogP contribution in [0.4, 0.5) is 5.69 Å². The van der Waals surface area contributed by atoms with Crippen LogP contribution in [-0.4, -0.2) is 32.9 Å².